The highest BCUT2D eigenvalue weighted by Gasteiger charge is 2.24. The van der Waals surface area contributed by atoms with Crippen LogP contribution in [0.4, 0.5) is 23.0 Å². The van der Waals surface area contributed by atoms with Crippen LogP contribution in [-0.4, -0.2) is 50.5 Å². The fraction of sp³-hybridized carbons (Fsp3) is 0.219. The van der Waals surface area contributed by atoms with Crippen LogP contribution in [0.1, 0.15) is 20.8 Å². The van der Waals surface area contributed by atoms with Crippen molar-refractivity contribution in [2.45, 2.75) is 25.7 Å². The second-order valence-corrected chi connectivity index (χ2v) is 12.1. The van der Waals surface area contributed by atoms with Crippen LogP contribution in [0.3, 0.4) is 0 Å². The van der Waals surface area contributed by atoms with E-state index in [1.54, 1.807) is 30.5 Å². The number of nitrogens with zero attached hydrogens (tertiary/aromatic N) is 4. The molecule has 0 spiro atoms. The van der Waals surface area contributed by atoms with Gasteiger partial charge in [0.1, 0.15) is 0 Å². The third-order valence-electron chi connectivity index (χ3n) is 6.52. The van der Waals surface area contributed by atoms with Gasteiger partial charge in [-0.1, -0.05) is 44.2 Å². The Morgan fingerprint density at radius 3 is 2.10 bits per heavy atom. The van der Waals surface area contributed by atoms with Gasteiger partial charge < -0.3 is 15.5 Å². The van der Waals surface area contributed by atoms with Crippen LogP contribution in [0, 0.1) is 0 Å². The van der Waals surface area contributed by atoms with Crippen molar-refractivity contribution in [1.29, 1.82) is 0 Å². The molecule has 7 nitrogen and oxygen atoms in total. The summed E-state index contributed by atoms with van der Waals surface area (Å²) >= 11 is 5.99. The number of halogens is 1. The number of nitrogens with one attached hydrogen (secondary N) is 2. The summed E-state index contributed by atoms with van der Waals surface area (Å²) < 4.78 is 15.4. The molecule has 1 aromatic heterocycles. The van der Waals surface area contributed by atoms with Gasteiger partial charge in [-0.3, -0.25) is 0 Å². The van der Waals surface area contributed by atoms with E-state index in [2.05, 4.69) is 50.1 Å². The van der Waals surface area contributed by atoms with Crippen LogP contribution in [-0.2, 0) is 9.71 Å². The molecule has 2 N–H and O–H groups in total. The van der Waals surface area contributed by atoms with Crippen molar-refractivity contribution < 1.29 is 4.21 Å². The van der Waals surface area contributed by atoms with Crippen molar-refractivity contribution in [2.24, 2.45) is 0 Å². The summed E-state index contributed by atoms with van der Waals surface area (Å²) in [6.45, 7) is 12.7. The highest BCUT2D eigenvalue weighted by atomic mass is 35.5. The molecule has 4 aromatic rings. The van der Waals surface area contributed by atoms with Gasteiger partial charge in [0.25, 0.3) is 0 Å². The van der Waals surface area contributed by atoms with E-state index in [-0.39, 0.29) is 0 Å². The molecule has 1 saturated heterocycles. The van der Waals surface area contributed by atoms with E-state index >= 15 is 0 Å². The van der Waals surface area contributed by atoms with Crippen LogP contribution < -0.4 is 15.5 Å². The third-order valence-corrected chi connectivity index (χ3v) is 8.98. The minimum Gasteiger partial charge on any atom is -0.369 e. The first kappa shape index (κ1) is 30.1. The molecule has 41 heavy (non-hydrogen) atoms. The number of hydrogen-bond donors (Lipinski definition) is 2. The molecule has 1 unspecified atom stereocenters. The average molecular weight is 589 g/mol. The molecule has 0 bridgehead atoms. The molecule has 0 amide bonds. The first-order valence-electron chi connectivity index (χ1n) is 13.6. The Labute approximate surface area is 249 Å². The molecule has 0 aliphatic carbocycles. The fourth-order valence-corrected chi connectivity index (χ4v) is 6.21. The lowest BCUT2D eigenvalue weighted by Crippen LogP contribution is -2.48. The van der Waals surface area contributed by atoms with E-state index in [9.17, 15) is 4.21 Å². The maximum Gasteiger partial charge on any atom is 0.227 e. The number of rotatable bonds is 8. The zero-order valence-corrected chi connectivity index (χ0v) is 25.4. The lowest BCUT2D eigenvalue weighted by molar-refractivity contribution is 0.408. The zero-order valence-electron chi connectivity index (χ0n) is 23.8. The number of benzene rings is 3. The number of hydrogen-bond acceptors (Lipinski definition) is 6. The number of piperazine rings is 1. The smallest absolute Gasteiger partial charge is 0.227 e. The minimum atomic E-state index is -2.54. The summed E-state index contributed by atoms with van der Waals surface area (Å²) in [5.41, 5.74) is 5.73. The molecular weight excluding hydrogens is 552 g/mol. The van der Waals surface area contributed by atoms with Gasteiger partial charge >= 0.3 is 0 Å². The summed E-state index contributed by atoms with van der Waals surface area (Å²) in [6, 6.07) is 25.3. The van der Waals surface area contributed by atoms with Crippen molar-refractivity contribution >= 4 is 50.2 Å². The Hall–Kier alpha value is -3.85. The van der Waals surface area contributed by atoms with Gasteiger partial charge in [-0.05, 0) is 79.5 Å². The lowest BCUT2D eigenvalue weighted by Gasteiger charge is -2.37. The van der Waals surface area contributed by atoms with Crippen molar-refractivity contribution in [1.82, 2.24) is 14.3 Å². The zero-order chi connectivity index (χ0) is 29.4. The van der Waals surface area contributed by atoms with Crippen LogP contribution in [0.15, 0.2) is 102 Å². The second-order valence-electron chi connectivity index (χ2n) is 9.43. The largest absolute Gasteiger partial charge is 0.369 e. The quantitative estimate of drug-likeness (QED) is 0.210. The maximum atomic E-state index is 13.4. The fourth-order valence-electron chi connectivity index (χ4n) is 4.47. The van der Waals surface area contributed by atoms with E-state index in [4.69, 9.17) is 11.6 Å². The van der Waals surface area contributed by atoms with Gasteiger partial charge in [0.2, 0.25) is 5.95 Å². The van der Waals surface area contributed by atoms with E-state index in [0.29, 0.717) is 29.0 Å². The molecule has 1 aliphatic heterocycles. The molecule has 1 aliphatic rings. The average Bonchev–Trinajstić information content (AvgIpc) is 2.99. The van der Waals surface area contributed by atoms with Crippen molar-refractivity contribution in [3.63, 3.8) is 0 Å². The van der Waals surface area contributed by atoms with Gasteiger partial charge in [0.05, 0.1) is 15.4 Å². The maximum absolute atomic E-state index is 13.4. The summed E-state index contributed by atoms with van der Waals surface area (Å²) in [6.07, 6.45) is 1.75. The number of aromatic nitrogens is 2. The first-order chi connectivity index (χ1) is 19.8. The highest BCUT2D eigenvalue weighted by Crippen LogP contribution is 2.25. The Morgan fingerprint density at radius 1 is 0.878 bits per heavy atom. The van der Waals surface area contributed by atoms with Crippen molar-refractivity contribution in [2.75, 3.05) is 41.7 Å². The number of anilines is 4. The molecule has 1 fully saturated rings. The molecule has 0 saturated carbocycles. The topological polar surface area (TPSA) is 73.4 Å². The van der Waals surface area contributed by atoms with Crippen LogP contribution in [0.5, 0.6) is 0 Å². The molecule has 0 radical (unpaired) electrons. The molecular formula is C32H37ClN6OS. The Kier molecular flexibility index (Phi) is 10.0. The summed E-state index contributed by atoms with van der Waals surface area (Å²) in [5, 5.41) is 7.13. The summed E-state index contributed by atoms with van der Waals surface area (Å²) in [4.78, 5) is 12.1. The first-order valence-corrected chi connectivity index (χ1v) is 15.7. The van der Waals surface area contributed by atoms with E-state index in [1.807, 2.05) is 67.5 Å². The molecule has 1 atom stereocenters. The van der Waals surface area contributed by atoms with Crippen molar-refractivity contribution in [3.8, 4) is 11.3 Å². The normalized spacial score (nSPS) is 14.8. The standard InChI is InChI=1S/C30H31ClN6OS.C2H6/c1-22(2)33-25-8-4-23(5-9-25)29-16-17-32-30(35-29)34-26-10-12-27(13-11-26)36-18-20-37(21-19-36)39(3,38)28-14-6-24(31)7-15-28;1-2/h4-17,33H,1,3,18-21H2,2H3,(H,32,34,35);1-2H3. The predicted molar refractivity (Wildman–Crippen MR) is 176 cm³/mol. The summed E-state index contributed by atoms with van der Waals surface area (Å²) in [7, 11) is -2.54. The number of allylic oxidation sites excluding steroid dienone is 1. The van der Waals surface area contributed by atoms with Gasteiger partial charge in [-0.25, -0.2) is 18.5 Å². The van der Waals surface area contributed by atoms with E-state index < -0.39 is 9.71 Å². The van der Waals surface area contributed by atoms with Crippen LogP contribution in [0.2, 0.25) is 5.02 Å². The summed E-state index contributed by atoms with van der Waals surface area (Å²) in [5.74, 6) is 4.58. The molecule has 2 heterocycles. The Bertz CT molecular complexity index is 1550. The Morgan fingerprint density at radius 2 is 1.49 bits per heavy atom. The SMILES string of the molecule is C=C(C)Nc1ccc(-c2ccnc(Nc3ccc(N4CCN(S(=C)(=O)c5ccc(Cl)cc5)CC4)cc3)n2)cc1.CC. The lowest BCUT2D eigenvalue weighted by atomic mass is 10.1. The molecule has 9 heteroatoms. The van der Waals surface area contributed by atoms with E-state index in [1.165, 1.54) is 0 Å². The highest BCUT2D eigenvalue weighted by molar-refractivity contribution is 7.98. The van der Waals surface area contributed by atoms with Crippen LogP contribution in [0.25, 0.3) is 11.3 Å². The van der Waals surface area contributed by atoms with Crippen LogP contribution >= 0.6 is 11.6 Å². The second kappa shape index (κ2) is 13.7. The molecule has 3 aromatic carbocycles. The van der Waals surface area contributed by atoms with Gasteiger partial charge in [0, 0.05) is 70.6 Å². The van der Waals surface area contributed by atoms with Gasteiger partial charge in [-0.15, -0.1) is 0 Å². The van der Waals surface area contributed by atoms with Gasteiger partial charge in [0.15, 0.2) is 0 Å². The van der Waals surface area contributed by atoms with Crippen molar-refractivity contribution in [3.05, 3.63) is 102 Å². The monoisotopic (exact) mass is 588 g/mol. The molecule has 5 rings (SSSR count). The third kappa shape index (κ3) is 7.67. The Balaban J connectivity index is 0.00000189. The minimum absolute atomic E-state index is 0.533. The van der Waals surface area contributed by atoms with E-state index in [0.717, 1.165) is 47.1 Å². The predicted octanol–water partition coefficient (Wildman–Crippen LogP) is 7.32. The van der Waals surface area contributed by atoms with Gasteiger partial charge in [-0.2, -0.15) is 0 Å². The molecule has 214 valence electrons.